The minimum absolute atomic E-state index is 0.133. The predicted octanol–water partition coefficient (Wildman–Crippen LogP) is 2.49. The minimum atomic E-state index is -6.26. The Morgan fingerprint density at radius 3 is 1.75 bits per heavy atom. The van der Waals surface area contributed by atoms with E-state index in [0.717, 1.165) is 0 Å². The highest BCUT2D eigenvalue weighted by Crippen LogP contribution is 2.49. The summed E-state index contributed by atoms with van der Waals surface area (Å²) in [6.45, 7) is -0.858. The molecule has 0 amide bonds. The number of halogens is 9. The van der Waals surface area contributed by atoms with Crippen molar-refractivity contribution >= 4 is 11.9 Å². The van der Waals surface area contributed by atoms with Gasteiger partial charge in [0.1, 0.15) is 0 Å². The van der Waals surface area contributed by atoms with Crippen LogP contribution in [0.15, 0.2) is 9.98 Å². The van der Waals surface area contributed by atoms with Crippen LogP contribution in [0, 0.1) is 0 Å². The molecule has 0 saturated carbocycles. The van der Waals surface area contributed by atoms with Gasteiger partial charge < -0.3 is 14.4 Å². The van der Waals surface area contributed by atoms with E-state index < -0.39 is 36.1 Å². The van der Waals surface area contributed by atoms with Crippen LogP contribution in [0.3, 0.4) is 0 Å². The third-order valence-electron chi connectivity index (χ3n) is 3.02. The van der Waals surface area contributed by atoms with Gasteiger partial charge in [-0.15, -0.1) is 0 Å². The van der Waals surface area contributed by atoms with Crippen LogP contribution in [0.2, 0.25) is 0 Å². The summed E-state index contributed by atoms with van der Waals surface area (Å²) < 4.78 is 125. The molecule has 0 unspecified atom stereocenters. The minimum Gasteiger partial charge on any atom is -0.402 e. The third kappa shape index (κ3) is 3.23. The van der Waals surface area contributed by atoms with Crippen molar-refractivity contribution in [2.75, 3.05) is 26.3 Å². The number of alkyl halides is 9. The van der Waals surface area contributed by atoms with E-state index in [1.165, 1.54) is 0 Å². The number of hydrogen-bond donors (Lipinski definition) is 0. The van der Waals surface area contributed by atoms with Gasteiger partial charge >= 0.3 is 30.1 Å². The average molecular weight is 373 g/mol. The monoisotopic (exact) mass is 373 g/mol. The molecule has 0 bridgehead atoms. The Kier molecular flexibility index (Phi) is 4.39. The third-order valence-corrected chi connectivity index (χ3v) is 3.02. The molecule has 5 nitrogen and oxygen atoms in total. The van der Waals surface area contributed by atoms with Crippen molar-refractivity contribution in [3.05, 3.63) is 0 Å². The lowest BCUT2D eigenvalue weighted by Gasteiger charge is -2.37. The summed E-state index contributed by atoms with van der Waals surface area (Å²) in [5.74, 6) is -2.67. The van der Waals surface area contributed by atoms with E-state index in [1.54, 1.807) is 4.99 Å². The summed E-state index contributed by atoms with van der Waals surface area (Å²) in [6.07, 6.45) is -18.2. The van der Waals surface area contributed by atoms with Crippen LogP contribution < -0.4 is 0 Å². The second kappa shape index (κ2) is 5.67. The molecule has 1 saturated heterocycles. The maximum absolute atomic E-state index is 13.0. The van der Waals surface area contributed by atoms with Crippen LogP contribution in [0.1, 0.15) is 0 Å². The molecular weight excluding hydrogens is 365 g/mol. The van der Waals surface area contributed by atoms with Crippen molar-refractivity contribution in [2.45, 2.75) is 24.2 Å². The fourth-order valence-corrected chi connectivity index (χ4v) is 1.87. The van der Waals surface area contributed by atoms with Gasteiger partial charge in [-0.3, -0.25) is 0 Å². The number of amidine groups is 1. The SMILES string of the molecule is FC(F)(F)C1=NC(C(F)(F)F)(C(F)(F)F)N=C(N2CCOCC2)O1. The van der Waals surface area contributed by atoms with Crippen LogP contribution in [-0.2, 0) is 9.47 Å². The van der Waals surface area contributed by atoms with Gasteiger partial charge in [0, 0.05) is 13.1 Å². The molecule has 14 heteroatoms. The lowest BCUT2D eigenvalue weighted by atomic mass is 10.1. The molecule has 0 atom stereocenters. The fourth-order valence-electron chi connectivity index (χ4n) is 1.87. The standard InChI is InChI=1S/C10H8F9N3O2/c11-7(12,13)5-20-8(9(14,15)16,10(17,18)19)21-6(24-5)22-1-3-23-4-2-22/h1-4H2. The number of hydrogen-bond acceptors (Lipinski definition) is 5. The lowest BCUT2D eigenvalue weighted by molar-refractivity contribution is -0.294. The summed E-state index contributed by atoms with van der Waals surface area (Å²) in [4.78, 5) is 4.81. The van der Waals surface area contributed by atoms with Crippen molar-refractivity contribution in [3.8, 4) is 0 Å². The van der Waals surface area contributed by atoms with Crippen molar-refractivity contribution in [1.29, 1.82) is 0 Å². The largest absolute Gasteiger partial charge is 0.468 e. The summed E-state index contributed by atoms with van der Waals surface area (Å²) in [5, 5.41) is 0. The molecular formula is C10H8F9N3O2. The molecule has 0 aliphatic carbocycles. The first kappa shape index (κ1) is 18.6. The first-order valence-corrected chi connectivity index (χ1v) is 6.19. The zero-order chi connectivity index (χ0) is 18.4. The van der Waals surface area contributed by atoms with Gasteiger partial charge in [-0.05, 0) is 0 Å². The van der Waals surface area contributed by atoms with Crippen molar-refractivity contribution < 1.29 is 49.0 Å². The van der Waals surface area contributed by atoms with Gasteiger partial charge in [-0.2, -0.15) is 49.5 Å². The van der Waals surface area contributed by atoms with Crippen LogP contribution in [0.25, 0.3) is 0 Å². The number of morpholine rings is 1. The van der Waals surface area contributed by atoms with Crippen LogP contribution >= 0.6 is 0 Å². The molecule has 1 fully saturated rings. The van der Waals surface area contributed by atoms with Crippen molar-refractivity contribution in [2.24, 2.45) is 9.98 Å². The van der Waals surface area contributed by atoms with E-state index in [4.69, 9.17) is 4.74 Å². The number of aliphatic imine (C=N–C) groups is 2. The molecule has 0 aromatic rings. The summed E-state index contributed by atoms with van der Waals surface area (Å²) in [5.41, 5.74) is -5.29. The molecule has 24 heavy (non-hydrogen) atoms. The van der Waals surface area contributed by atoms with Crippen molar-refractivity contribution in [1.82, 2.24) is 4.90 Å². The molecule has 2 aliphatic heterocycles. The first-order valence-electron chi connectivity index (χ1n) is 6.19. The molecule has 0 spiro atoms. The van der Waals surface area contributed by atoms with Gasteiger partial charge in [0.05, 0.1) is 13.2 Å². The quantitative estimate of drug-likeness (QED) is 0.613. The Labute approximate surface area is 127 Å². The van der Waals surface area contributed by atoms with E-state index in [1.807, 2.05) is 0 Å². The Bertz CT molecular complexity index is 529. The summed E-state index contributed by atoms with van der Waals surface area (Å²) in [6, 6.07) is -1.46. The smallest absolute Gasteiger partial charge is 0.402 e. The molecule has 0 radical (unpaired) electrons. The van der Waals surface area contributed by atoms with Crippen LogP contribution in [-0.4, -0.2) is 67.3 Å². The molecule has 0 N–H and O–H groups in total. The van der Waals surface area contributed by atoms with Gasteiger partial charge in [0.2, 0.25) is 0 Å². The van der Waals surface area contributed by atoms with E-state index in [2.05, 4.69) is 9.73 Å². The normalized spacial score (nSPS) is 22.6. The van der Waals surface area contributed by atoms with Gasteiger partial charge in [0.25, 0.3) is 6.02 Å². The van der Waals surface area contributed by atoms with Crippen molar-refractivity contribution in [3.63, 3.8) is 0 Å². The number of ether oxygens (including phenoxy) is 2. The van der Waals surface area contributed by atoms with Crippen LogP contribution in [0.5, 0.6) is 0 Å². The van der Waals surface area contributed by atoms with E-state index >= 15 is 0 Å². The lowest BCUT2D eigenvalue weighted by Crippen LogP contribution is -2.59. The van der Waals surface area contributed by atoms with Gasteiger partial charge in [0.15, 0.2) is 0 Å². The second-order valence-electron chi connectivity index (χ2n) is 4.68. The van der Waals surface area contributed by atoms with E-state index in [9.17, 15) is 39.5 Å². The topological polar surface area (TPSA) is 46.4 Å². The Hall–Kier alpha value is -1.73. The highest BCUT2D eigenvalue weighted by molar-refractivity contribution is 5.95. The Morgan fingerprint density at radius 2 is 1.33 bits per heavy atom. The molecule has 138 valence electrons. The summed E-state index contributed by atoms with van der Waals surface area (Å²) in [7, 11) is 0. The van der Waals surface area contributed by atoms with Gasteiger partial charge in [-0.1, -0.05) is 0 Å². The highest BCUT2D eigenvalue weighted by atomic mass is 19.4. The van der Waals surface area contributed by atoms with Gasteiger partial charge in [-0.25, -0.2) is 0 Å². The Morgan fingerprint density at radius 1 is 0.833 bits per heavy atom. The maximum atomic E-state index is 13.0. The molecule has 2 aliphatic rings. The number of nitrogens with zero attached hydrogens (tertiary/aromatic N) is 3. The first-order chi connectivity index (χ1) is 10.8. The predicted molar refractivity (Wildman–Crippen MR) is 59.2 cm³/mol. The fraction of sp³-hybridized carbons (Fsp3) is 0.800. The zero-order valence-electron chi connectivity index (χ0n) is 11.4. The molecule has 2 rings (SSSR count). The molecule has 0 aromatic heterocycles. The molecule has 0 aromatic carbocycles. The maximum Gasteiger partial charge on any atom is 0.468 e. The average Bonchev–Trinajstić information content (AvgIpc) is 2.44. The highest BCUT2D eigenvalue weighted by Gasteiger charge is 2.75. The van der Waals surface area contributed by atoms with E-state index in [-0.39, 0.29) is 26.3 Å². The molecule has 2 heterocycles. The van der Waals surface area contributed by atoms with Crippen LogP contribution in [0.4, 0.5) is 39.5 Å². The summed E-state index contributed by atoms with van der Waals surface area (Å²) >= 11 is 0. The number of rotatable bonds is 0. The van der Waals surface area contributed by atoms with E-state index in [0.29, 0.717) is 4.90 Å². The second-order valence-corrected chi connectivity index (χ2v) is 4.68. The Balaban J connectivity index is 2.60. The zero-order valence-corrected chi connectivity index (χ0v) is 11.4.